The van der Waals surface area contributed by atoms with Crippen LogP contribution in [0.2, 0.25) is 0 Å². The molecule has 1 heterocycles. The fourth-order valence-corrected chi connectivity index (χ4v) is 7.87. The van der Waals surface area contributed by atoms with Gasteiger partial charge in [-0.2, -0.15) is 0 Å². The SMILES string of the molecule is CCC[C@@H]1O[C@H]2C[C@@H]3[C@@H]4CCC5=CC(=O)C=C[C@]5(C)[C@@H]4[C@H](O)C[C@]3(C)[C@]2(C(=O)O)O1. The summed E-state index contributed by atoms with van der Waals surface area (Å²) in [5.74, 6) is -0.722. The molecule has 4 fully saturated rings. The molecule has 0 bridgehead atoms. The molecule has 4 aliphatic carbocycles. The smallest absolute Gasteiger partial charge is 0.339 e. The molecule has 30 heavy (non-hydrogen) atoms. The molecule has 0 amide bonds. The Morgan fingerprint density at radius 3 is 2.80 bits per heavy atom. The van der Waals surface area contributed by atoms with Crippen LogP contribution in [0, 0.1) is 28.6 Å². The summed E-state index contributed by atoms with van der Waals surface area (Å²) in [4.78, 5) is 24.6. The summed E-state index contributed by atoms with van der Waals surface area (Å²) >= 11 is 0. The number of ether oxygens (including phenoxy) is 2. The first-order valence-electron chi connectivity index (χ1n) is 11.4. The van der Waals surface area contributed by atoms with Crippen LogP contribution in [-0.2, 0) is 19.1 Å². The van der Waals surface area contributed by atoms with Crippen molar-refractivity contribution >= 4 is 11.8 Å². The number of hydrogen-bond acceptors (Lipinski definition) is 5. The van der Waals surface area contributed by atoms with Crippen LogP contribution in [-0.4, -0.2) is 46.1 Å². The molecule has 5 aliphatic rings. The van der Waals surface area contributed by atoms with E-state index in [4.69, 9.17) is 9.47 Å². The highest BCUT2D eigenvalue weighted by Crippen LogP contribution is 2.69. The number of carboxylic acid groups (broad SMARTS) is 1. The number of aliphatic carboxylic acids is 1. The van der Waals surface area contributed by atoms with E-state index in [0.29, 0.717) is 19.3 Å². The van der Waals surface area contributed by atoms with Crippen molar-refractivity contribution < 1.29 is 29.3 Å². The lowest BCUT2D eigenvalue weighted by Gasteiger charge is -2.59. The van der Waals surface area contributed by atoms with Crippen LogP contribution in [0.5, 0.6) is 0 Å². The average molecular weight is 417 g/mol. The fraction of sp³-hybridized carbons (Fsp3) is 0.750. The second-order valence-electron chi connectivity index (χ2n) is 10.4. The number of fused-ring (bicyclic) bond motifs is 7. The Hall–Kier alpha value is -1.50. The number of carbonyl (C=O) groups excluding carboxylic acids is 1. The van der Waals surface area contributed by atoms with E-state index in [2.05, 4.69) is 6.92 Å². The van der Waals surface area contributed by atoms with E-state index in [1.807, 2.05) is 19.9 Å². The lowest BCUT2D eigenvalue weighted by molar-refractivity contribution is -0.210. The van der Waals surface area contributed by atoms with E-state index in [0.717, 1.165) is 24.8 Å². The first-order valence-corrected chi connectivity index (χ1v) is 11.4. The Labute approximate surface area is 177 Å². The van der Waals surface area contributed by atoms with E-state index in [1.165, 1.54) is 0 Å². The van der Waals surface area contributed by atoms with Crippen molar-refractivity contribution in [2.75, 3.05) is 0 Å². The molecule has 0 aromatic carbocycles. The molecule has 0 unspecified atom stereocenters. The van der Waals surface area contributed by atoms with Gasteiger partial charge in [0.1, 0.15) is 6.10 Å². The van der Waals surface area contributed by atoms with E-state index in [9.17, 15) is 19.8 Å². The lowest BCUT2D eigenvalue weighted by Crippen LogP contribution is -2.63. The molecule has 0 aromatic heterocycles. The second kappa shape index (κ2) is 6.50. The Kier molecular flexibility index (Phi) is 4.42. The standard InChI is InChI=1S/C24H32O6/c1-4-5-19-29-18-11-16-15-7-6-13-10-14(25)8-9-22(13,2)20(15)17(26)12-23(16,3)24(18,30-19)21(27)28/h8-10,15-20,26H,4-7,11-12H2,1-3H3,(H,27,28)/t15-,16+,17+,18-,19+,20-,22-,23-,24-/m0/s1. The summed E-state index contributed by atoms with van der Waals surface area (Å²) in [6, 6.07) is 0. The van der Waals surface area contributed by atoms with Gasteiger partial charge in [-0.1, -0.05) is 38.8 Å². The molecule has 3 saturated carbocycles. The maximum absolute atomic E-state index is 12.7. The van der Waals surface area contributed by atoms with Gasteiger partial charge in [-0.05, 0) is 56.1 Å². The van der Waals surface area contributed by atoms with Crippen molar-refractivity contribution in [2.45, 2.75) is 83.4 Å². The summed E-state index contributed by atoms with van der Waals surface area (Å²) in [5.41, 5.74) is -1.37. The van der Waals surface area contributed by atoms with Gasteiger partial charge in [-0.3, -0.25) is 4.79 Å². The average Bonchev–Trinajstić information content (AvgIpc) is 3.15. The highest BCUT2D eigenvalue weighted by atomic mass is 16.7. The van der Waals surface area contributed by atoms with Gasteiger partial charge in [-0.15, -0.1) is 0 Å². The minimum Gasteiger partial charge on any atom is -0.479 e. The first-order chi connectivity index (χ1) is 14.2. The van der Waals surface area contributed by atoms with Crippen LogP contribution in [0.1, 0.15) is 59.3 Å². The number of ketones is 1. The molecule has 164 valence electrons. The van der Waals surface area contributed by atoms with Crippen LogP contribution < -0.4 is 0 Å². The molecule has 6 heteroatoms. The number of allylic oxidation sites excluding steroid dienone is 4. The predicted octanol–water partition coefficient (Wildman–Crippen LogP) is 3.24. The fourth-order valence-electron chi connectivity index (χ4n) is 7.87. The van der Waals surface area contributed by atoms with Crippen molar-refractivity contribution in [3.63, 3.8) is 0 Å². The van der Waals surface area contributed by atoms with Gasteiger partial charge in [0.15, 0.2) is 17.7 Å². The Morgan fingerprint density at radius 1 is 1.33 bits per heavy atom. The maximum Gasteiger partial charge on any atom is 0.339 e. The molecule has 0 spiro atoms. The van der Waals surface area contributed by atoms with Gasteiger partial charge < -0.3 is 19.7 Å². The Balaban J connectivity index is 1.55. The van der Waals surface area contributed by atoms with Gasteiger partial charge >= 0.3 is 5.97 Å². The van der Waals surface area contributed by atoms with Crippen LogP contribution in [0.4, 0.5) is 0 Å². The Morgan fingerprint density at radius 2 is 2.10 bits per heavy atom. The second-order valence-corrected chi connectivity index (χ2v) is 10.4. The van der Waals surface area contributed by atoms with Crippen molar-refractivity contribution in [2.24, 2.45) is 28.6 Å². The number of carbonyl (C=O) groups is 2. The molecular formula is C24H32O6. The topological polar surface area (TPSA) is 93.1 Å². The third-order valence-electron chi connectivity index (χ3n) is 9.13. The minimum atomic E-state index is -1.40. The van der Waals surface area contributed by atoms with E-state index in [-0.39, 0.29) is 29.0 Å². The summed E-state index contributed by atoms with van der Waals surface area (Å²) in [7, 11) is 0. The largest absolute Gasteiger partial charge is 0.479 e. The van der Waals surface area contributed by atoms with Gasteiger partial charge in [0.05, 0.1) is 6.10 Å². The van der Waals surface area contributed by atoms with E-state index in [1.54, 1.807) is 12.2 Å². The van der Waals surface area contributed by atoms with Gasteiger partial charge in [0, 0.05) is 16.7 Å². The lowest BCUT2D eigenvalue weighted by atomic mass is 9.46. The Bertz CT molecular complexity index is 847. The number of carboxylic acids is 1. The minimum absolute atomic E-state index is 0.0139. The van der Waals surface area contributed by atoms with Gasteiger partial charge in [0.25, 0.3) is 0 Å². The van der Waals surface area contributed by atoms with Gasteiger partial charge in [-0.25, -0.2) is 4.79 Å². The molecule has 9 atom stereocenters. The summed E-state index contributed by atoms with van der Waals surface area (Å²) in [6.45, 7) is 6.15. The molecule has 1 saturated heterocycles. The summed E-state index contributed by atoms with van der Waals surface area (Å²) in [6.07, 6.45) is 7.90. The van der Waals surface area contributed by atoms with Crippen molar-refractivity contribution in [1.82, 2.24) is 0 Å². The van der Waals surface area contributed by atoms with Crippen molar-refractivity contribution in [3.05, 3.63) is 23.8 Å². The van der Waals surface area contributed by atoms with Crippen LogP contribution >= 0.6 is 0 Å². The zero-order valence-corrected chi connectivity index (χ0v) is 18.0. The van der Waals surface area contributed by atoms with E-state index >= 15 is 0 Å². The molecule has 1 aliphatic heterocycles. The third kappa shape index (κ3) is 2.36. The molecule has 5 rings (SSSR count). The molecule has 6 nitrogen and oxygen atoms in total. The van der Waals surface area contributed by atoms with E-state index < -0.39 is 35.5 Å². The van der Waals surface area contributed by atoms with Crippen LogP contribution in [0.25, 0.3) is 0 Å². The normalized spacial score (nSPS) is 51.6. The van der Waals surface area contributed by atoms with Gasteiger partial charge in [0.2, 0.25) is 0 Å². The predicted molar refractivity (Wildman–Crippen MR) is 108 cm³/mol. The third-order valence-corrected chi connectivity index (χ3v) is 9.13. The van der Waals surface area contributed by atoms with Crippen molar-refractivity contribution in [1.29, 1.82) is 0 Å². The number of hydrogen-bond donors (Lipinski definition) is 2. The molecule has 0 radical (unpaired) electrons. The molecule has 0 aromatic rings. The highest BCUT2D eigenvalue weighted by Gasteiger charge is 2.76. The van der Waals surface area contributed by atoms with Crippen LogP contribution in [0.3, 0.4) is 0 Å². The summed E-state index contributed by atoms with van der Waals surface area (Å²) in [5, 5.41) is 21.8. The maximum atomic E-state index is 12.7. The summed E-state index contributed by atoms with van der Waals surface area (Å²) < 4.78 is 12.4. The van der Waals surface area contributed by atoms with Crippen LogP contribution in [0.15, 0.2) is 23.8 Å². The zero-order chi connectivity index (χ0) is 21.5. The number of aliphatic hydroxyl groups is 1. The molecular weight excluding hydrogens is 384 g/mol. The number of aliphatic hydroxyl groups excluding tert-OH is 1. The zero-order valence-electron chi connectivity index (χ0n) is 18.0. The highest BCUT2D eigenvalue weighted by molar-refractivity contribution is 6.01. The molecule has 2 N–H and O–H groups in total. The first kappa shape index (κ1) is 20.4. The quantitative estimate of drug-likeness (QED) is 0.734. The van der Waals surface area contributed by atoms with Crippen molar-refractivity contribution in [3.8, 4) is 0 Å². The monoisotopic (exact) mass is 416 g/mol. The number of rotatable bonds is 3.